The number of nitrogens with zero attached hydrogens (tertiary/aromatic N) is 2. The molecule has 2 heterocycles. The Labute approximate surface area is 181 Å². The normalized spacial score (nSPS) is 16.5. The molecule has 0 spiro atoms. The van der Waals surface area contributed by atoms with Crippen molar-refractivity contribution >= 4 is 40.0 Å². The number of imidazole rings is 1. The smallest absolute Gasteiger partial charge is 0.339 e. The lowest BCUT2D eigenvalue weighted by atomic mass is 9.98. The number of aromatic amines is 1. The number of nitrogens with one attached hydrogen (secondary N) is 2. The van der Waals surface area contributed by atoms with E-state index >= 15 is 0 Å². The van der Waals surface area contributed by atoms with Crippen LogP contribution in [0.4, 0.5) is 5.69 Å². The Bertz CT molecular complexity index is 1070. The van der Waals surface area contributed by atoms with Crippen LogP contribution in [0.3, 0.4) is 0 Å². The van der Waals surface area contributed by atoms with Crippen molar-refractivity contribution in [2.75, 3.05) is 25.5 Å². The number of aryl methyl sites for hydroxylation is 2. The fourth-order valence-electron chi connectivity index (χ4n) is 3.94. The molecule has 1 saturated heterocycles. The van der Waals surface area contributed by atoms with Crippen LogP contribution in [0, 0.1) is 13.8 Å². The summed E-state index contributed by atoms with van der Waals surface area (Å²) in [6.07, 6.45) is 2.09. The lowest BCUT2D eigenvalue weighted by Gasteiger charge is -2.34. The number of aromatic nitrogens is 2. The average molecular weight is 423 g/mol. The van der Waals surface area contributed by atoms with Gasteiger partial charge in [0.2, 0.25) is 0 Å². The Morgan fingerprint density at radius 1 is 1.27 bits per heavy atom. The fourth-order valence-corrected chi connectivity index (χ4v) is 4.22. The number of methoxy groups -OCH3 is 1. The number of carbonyl (C=O) groups excluding carboxylic acids is 1. The summed E-state index contributed by atoms with van der Waals surface area (Å²) >= 11 is 5.67. The molecule has 2 N–H and O–H groups in total. The van der Waals surface area contributed by atoms with E-state index in [-0.39, 0.29) is 11.9 Å². The van der Waals surface area contributed by atoms with E-state index in [0.717, 1.165) is 42.8 Å². The Morgan fingerprint density at radius 2 is 2.03 bits per heavy atom. The molecule has 156 valence electrons. The van der Waals surface area contributed by atoms with Gasteiger partial charge >= 0.3 is 5.97 Å². The lowest BCUT2D eigenvalue weighted by Crippen LogP contribution is -2.41. The van der Waals surface area contributed by atoms with E-state index in [9.17, 15) is 4.79 Å². The van der Waals surface area contributed by atoms with Gasteiger partial charge in [-0.2, -0.15) is 0 Å². The van der Waals surface area contributed by atoms with Gasteiger partial charge in [-0.25, -0.2) is 9.78 Å². The van der Waals surface area contributed by atoms with Crippen LogP contribution < -0.4 is 5.32 Å². The Morgan fingerprint density at radius 3 is 2.83 bits per heavy atom. The summed E-state index contributed by atoms with van der Waals surface area (Å²) in [4.78, 5) is 22.6. The highest BCUT2D eigenvalue weighted by Gasteiger charge is 2.26. The summed E-state index contributed by atoms with van der Waals surface area (Å²) in [5, 5.41) is 3.84. The number of ether oxygens (including phenoxy) is 1. The van der Waals surface area contributed by atoms with Crippen LogP contribution in [0.15, 0.2) is 36.4 Å². The fraction of sp³-hybridized carbons (Fsp3) is 0.348. The molecule has 1 unspecified atom stereocenters. The third-order valence-corrected chi connectivity index (χ3v) is 6.15. The summed E-state index contributed by atoms with van der Waals surface area (Å²) in [5.41, 5.74) is 5.74. The molecule has 2 aromatic carbocycles. The third kappa shape index (κ3) is 4.03. The first-order valence-electron chi connectivity index (χ1n) is 10.2. The number of hydrogen-bond donors (Lipinski definition) is 2. The quantitative estimate of drug-likeness (QED) is 0.477. The van der Waals surface area contributed by atoms with Crippen LogP contribution in [0.25, 0.3) is 11.0 Å². The number of esters is 1. The van der Waals surface area contributed by atoms with E-state index in [4.69, 9.17) is 21.9 Å². The zero-order chi connectivity index (χ0) is 21.3. The van der Waals surface area contributed by atoms with E-state index in [1.165, 1.54) is 18.2 Å². The monoisotopic (exact) mass is 422 g/mol. The van der Waals surface area contributed by atoms with Crippen molar-refractivity contribution in [1.29, 1.82) is 0 Å². The minimum atomic E-state index is -0.384. The SMILES string of the molecule is COC(=O)c1ccccc1NC(=S)N1CCCC(c2nc3cc(C)c(C)cc3[nH]2)C1. The van der Waals surface area contributed by atoms with E-state index in [0.29, 0.717) is 16.4 Å². The van der Waals surface area contributed by atoms with Crippen molar-refractivity contribution in [1.82, 2.24) is 14.9 Å². The van der Waals surface area contributed by atoms with Crippen LogP contribution in [0.5, 0.6) is 0 Å². The zero-order valence-corrected chi connectivity index (χ0v) is 18.3. The Hall–Kier alpha value is -2.93. The van der Waals surface area contributed by atoms with Gasteiger partial charge in [-0.05, 0) is 74.3 Å². The number of thiocarbonyl (C=S) groups is 1. The highest BCUT2D eigenvalue weighted by atomic mass is 32.1. The first kappa shape index (κ1) is 20.3. The van der Waals surface area contributed by atoms with Gasteiger partial charge in [-0.1, -0.05) is 12.1 Å². The first-order chi connectivity index (χ1) is 14.5. The highest BCUT2D eigenvalue weighted by Crippen LogP contribution is 2.28. The molecule has 0 amide bonds. The van der Waals surface area contributed by atoms with Crippen LogP contribution in [-0.4, -0.2) is 46.1 Å². The Kier molecular flexibility index (Phi) is 5.72. The number of H-pyrrole nitrogens is 1. The predicted octanol–water partition coefficient (Wildman–Crippen LogP) is 4.54. The largest absolute Gasteiger partial charge is 0.465 e. The van der Waals surface area contributed by atoms with Crippen LogP contribution in [0.1, 0.15) is 46.1 Å². The summed E-state index contributed by atoms with van der Waals surface area (Å²) in [6.45, 7) is 5.89. The molecule has 1 aliphatic heterocycles. The predicted molar refractivity (Wildman–Crippen MR) is 123 cm³/mol. The second kappa shape index (κ2) is 8.44. The van der Waals surface area contributed by atoms with Crippen molar-refractivity contribution in [3.63, 3.8) is 0 Å². The summed E-state index contributed by atoms with van der Waals surface area (Å²) in [6, 6.07) is 11.5. The molecule has 30 heavy (non-hydrogen) atoms. The van der Waals surface area contributed by atoms with Gasteiger partial charge in [0.25, 0.3) is 0 Å². The average Bonchev–Trinajstić information content (AvgIpc) is 3.16. The number of benzene rings is 2. The maximum Gasteiger partial charge on any atom is 0.339 e. The van der Waals surface area contributed by atoms with E-state index in [2.05, 4.69) is 41.2 Å². The van der Waals surface area contributed by atoms with Crippen LogP contribution >= 0.6 is 12.2 Å². The summed E-state index contributed by atoms with van der Waals surface area (Å²) in [7, 11) is 1.38. The standard InChI is InChI=1S/C23H26N4O2S/c1-14-11-19-20(12-15(14)2)25-21(24-19)16-7-6-10-27(13-16)23(30)26-18-9-5-4-8-17(18)22(28)29-3/h4-5,8-9,11-12,16H,6-7,10,13H2,1-3H3,(H,24,25)(H,26,30). The number of piperidine rings is 1. The summed E-state index contributed by atoms with van der Waals surface area (Å²) < 4.78 is 4.88. The first-order valence-corrected chi connectivity index (χ1v) is 10.6. The molecular formula is C23H26N4O2S. The van der Waals surface area contributed by atoms with Gasteiger partial charge in [0.1, 0.15) is 5.82 Å². The number of fused-ring (bicyclic) bond motifs is 1. The molecule has 0 radical (unpaired) electrons. The molecule has 6 nitrogen and oxygen atoms in total. The number of carbonyl (C=O) groups is 1. The molecule has 7 heteroatoms. The van der Waals surface area contributed by atoms with Crippen molar-refractivity contribution in [3.8, 4) is 0 Å². The van der Waals surface area contributed by atoms with E-state index in [1.807, 2.05) is 18.2 Å². The van der Waals surface area contributed by atoms with Gasteiger partial charge in [0.05, 0.1) is 29.4 Å². The Balaban J connectivity index is 1.50. The van der Waals surface area contributed by atoms with Gasteiger partial charge in [-0.3, -0.25) is 0 Å². The molecule has 1 aliphatic rings. The third-order valence-electron chi connectivity index (χ3n) is 5.78. The maximum atomic E-state index is 12.0. The number of likely N-dealkylation sites (tertiary alicyclic amines) is 1. The number of hydrogen-bond acceptors (Lipinski definition) is 4. The minimum Gasteiger partial charge on any atom is -0.465 e. The molecule has 0 aliphatic carbocycles. The molecule has 1 atom stereocenters. The van der Waals surface area contributed by atoms with E-state index < -0.39 is 0 Å². The van der Waals surface area contributed by atoms with Gasteiger partial charge in [-0.15, -0.1) is 0 Å². The topological polar surface area (TPSA) is 70.2 Å². The van der Waals surface area contributed by atoms with Crippen molar-refractivity contribution in [2.24, 2.45) is 0 Å². The molecule has 4 rings (SSSR count). The number of para-hydroxylation sites is 1. The number of rotatable bonds is 3. The molecule has 1 aromatic heterocycles. The minimum absolute atomic E-state index is 0.280. The van der Waals surface area contributed by atoms with Gasteiger partial charge < -0.3 is 19.9 Å². The molecule has 0 saturated carbocycles. The number of anilines is 1. The van der Waals surface area contributed by atoms with Crippen molar-refractivity contribution in [3.05, 3.63) is 58.9 Å². The second-order valence-electron chi connectivity index (χ2n) is 7.83. The molecule has 3 aromatic rings. The molecule has 0 bridgehead atoms. The summed E-state index contributed by atoms with van der Waals surface area (Å²) in [5.74, 6) is 0.908. The second-order valence-corrected chi connectivity index (χ2v) is 8.21. The zero-order valence-electron chi connectivity index (χ0n) is 17.5. The van der Waals surface area contributed by atoms with Gasteiger partial charge in [0.15, 0.2) is 5.11 Å². The maximum absolute atomic E-state index is 12.0. The van der Waals surface area contributed by atoms with E-state index in [1.54, 1.807) is 6.07 Å². The van der Waals surface area contributed by atoms with Crippen LogP contribution in [0.2, 0.25) is 0 Å². The van der Waals surface area contributed by atoms with Crippen LogP contribution in [-0.2, 0) is 4.74 Å². The van der Waals surface area contributed by atoms with Crippen molar-refractivity contribution < 1.29 is 9.53 Å². The lowest BCUT2D eigenvalue weighted by molar-refractivity contribution is 0.0602. The molecular weight excluding hydrogens is 396 g/mol. The van der Waals surface area contributed by atoms with Gasteiger partial charge in [0, 0.05) is 19.0 Å². The highest BCUT2D eigenvalue weighted by molar-refractivity contribution is 7.80. The molecule has 1 fully saturated rings. The van der Waals surface area contributed by atoms with Crippen molar-refractivity contribution in [2.45, 2.75) is 32.6 Å².